The van der Waals surface area contributed by atoms with Crippen molar-refractivity contribution in [1.29, 1.82) is 0 Å². The summed E-state index contributed by atoms with van der Waals surface area (Å²) in [6.07, 6.45) is 6.17. The number of aryl methyl sites for hydroxylation is 1. The van der Waals surface area contributed by atoms with Gasteiger partial charge in [-0.05, 0) is 56.9 Å². The Kier molecular flexibility index (Phi) is 6.49. The molecule has 162 valence electrons. The minimum Gasteiger partial charge on any atom is -0.371 e. The van der Waals surface area contributed by atoms with Crippen LogP contribution in [0.5, 0.6) is 0 Å². The number of pyridine rings is 1. The first-order chi connectivity index (χ1) is 14.2. The number of benzene rings is 1. The number of fused-ring (bicyclic) bond motifs is 1. The van der Waals surface area contributed by atoms with Crippen LogP contribution in [0.3, 0.4) is 0 Å². The molecule has 2 aliphatic heterocycles. The lowest BCUT2D eigenvalue weighted by atomic mass is 9.91. The number of nitrogens with zero attached hydrogens (tertiary/aromatic N) is 4. The zero-order valence-corrected chi connectivity index (χ0v) is 18.7. The number of halogens is 1. The van der Waals surface area contributed by atoms with Crippen LogP contribution >= 0.6 is 12.4 Å². The molecular weight excluding hydrogens is 396 g/mol. The molecule has 1 saturated carbocycles. The number of anilines is 1. The summed E-state index contributed by atoms with van der Waals surface area (Å²) in [6.45, 7) is 7.89. The molecule has 1 aliphatic carbocycles. The molecule has 0 radical (unpaired) electrons. The van der Waals surface area contributed by atoms with E-state index in [0.29, 0.717) is 5.91 Å². The largest absolute Gasteiger partial charge is 0.371 e. The van der Waals surface area contributed by atoms with Crippen LogP contribution in [-0.2, 0) is 4.79 Å². The van der Waals surface area contributed by atoms with E-state index >= 15 is 0 Å². The molecule has 6 heteroatoms. The van der Waals surface area contributed by atoms with Crippen molar-refractivity contribution in [2.24, 2.45) is 5.92 Å². The second-order valence-electron chi connectivity index (χ2n) is 9.06. The van der Waals surface area contributed by atoms with Crippen molar-refractivity contribution in [2.75, 3.05) is 44.2 Å². The van der Waals surface area contributed by atoms with Crippen LogP contribution in [0.1, 0.15) is 37.8 Å². The lowest BCUT2D eigenvalue weighted by Crippen LogP contribution is -2.43. The summed E-state index contributed by atoms with van der Waals surface area (Å²) in [5.74, 6) is 0.512. The standard InChI is InChI=1S/C24H32N4O.ClH/c1-18-6-7-19-16-22(8-9-23(19)25-18)28-13-10-20(17-28)24(29)27-12-3-11-26(14-15-27)21-4-2-5-21;/h6-9,16,20-21H,2-5,10-15,17H2,1H3;1H. The zero-order chi connectivity index (χ0) is 19.8. The van der Waals surface area contributed by atoms with Gasteiger partial charge in [-0.25, -0.2) is 0 Å². The SMILES string of the molecule is Cc1ccc2cc(N3CCC(C(=O)N4CCCN(C5CCC5)CC4)C3)ccc2n1.Cl. The first kappa shape index (κ1) is 21.4. The van der Waals surface area contributed by atoms with Crippen LogP contribution in [0.25, 0.3) is 10.9 Å². The number of aromatic nitrogens is 1. The van der Waals surface area contributed by atoms with E-state index < -0.39 is 0 Å². The van der Waals surface area contributed by atoms with Gasteiger partial charge in [-0.3, -0.25) is 14.7 Å². The highest BCUT2D eigenvalue weighted by Crippen LogP contribution is 2.29. The van der Waals surface area contributed by atoms with E-state index in [0.717, 1.165) is 69.4 Å². The number of hydrogen-bond acceptors (Lipinski definition) is 4. The summed E-state index contributed by atoms with van der Waals surface area (Å²) in [6, 6.07) is 11.5. The first-order valence-corrected chi connectivity index (χ1v) is 11.3. The molecule has 2 aromatic rings. The third-order valence-electron chi connectivity index (χ3n) is 7.15. The van der Waals surface area contributed by atoms with E-state index in [1.165, 1.54) is 30.3 Å². The minimum absolute atomic E-state index is 0. The average Bonchev–Trinajstić information content (AvgIpc) is 3.06. The minimum atomic E-state index is 0. The van der Waals surface area contributed by atoms with Gasteiger partial charge in [-0.2, -0.15) is 0 Å². The Balaban J connectivity index is 0.00000218. The third-order valence-corrected chi connectivity index (χ3v) is 7.15. The molecule has 5 rings (SSSR count). The highest BCUT2D eigenvalue weighted by molar-refractivity contribution is 5.85. The molecule has 0 N–H and O–H groups in total. The normalized spacial score (nSPS) is 23.2. The van der Waals surface area contributed by atoms with Gasteiger partial charge in [0.15, 0.2) is 0 Å². The van der Waals surface area contributed by atoms with Gasteiger partial charge in [0.1, 0.15) is 0 Å². The Labute approximate surface area is 185 Å². The average molecular weight is 429 g/mol. The fourth-order valence-electron chi connectivity index (χ4n) is 5.14. The summed E-state index contributed by atoms with van der Waals surface area (Å²) in [7, 11) is 0. The molecule has 0 bridgehead atoms. The molecule has 0 spiro atoms. The zero-order valence-electron chi connectivity index (χ0n) is 17.9. The van der Waals surface area contributed by atoms with Gasteiger partial charge in [0.05, 0.1) is 11.4 Å². The molecular formula is C24H33ClN4O. The molecule has 5 nitrogen and oxygen atoms in total. The molecule has 2 saturated heterocycles. The molecule has 1 amide bonds. The summed E-state index contributed by atoms with van der Waals surface area (Å²) >= 11 is 0. The van der Waals surface area contributed by atoms with E-state index in [9.17, 15) is 4.79 Å². The molecule has 1 atom stereocenters. The lowest BCUT2D eigenvalue weighted by molar-refractivity contribution is -0.134. The van der Waals surface area contributed by atoms with E-state index in [4.69, 9.17) is 0 Å². The maximum atomic E-state index is 13.2. The van der Waals surface area contributed by atoms with Crippen molar-refractivity contribution in [3.8, 4) is 0 Å². The van der Waals surface area contributed by atoms with Crippen molar-refractivity contribution in [3.63, 3.8) is 0 Å². The van der Waals surface area contributed by atoms with E-state index in [2.05, 4.69) is 50.0 Å². The van der Waals surface area contributed by atoms with Gasteiger partial charge >= 0.3 is 0 Å². The Bertz CT molecular complexity index is 900. The highest BCUT2D eigenvalue weighted by Gasteiger charge is 2.33. The Hall–Kier alpha value is -1.85. The summed E-state index contributed by atoms with van der Waals surface area (Å²) in [4.78, 5) is 25.0. The van der Waals surface area contributed by atoms with Gasteiger partial charge < -0.3 is 9.80 Å². The fourth-order valence-corrected chi connectivity index (χ4v) is 5.14. The number of carbonyl (C=O) groups is 1. The molecule has 1 unspecified atom stereocenters. The predicted molar refractivity (Wildman–Crippen MR) is 124 cm³/mol. The summed E-state index contributed by atoms with van der Waals surface area (Å²) < 4.78 is 0. The van der Waals surface area contributed by atoms with Gasteiger partial charge in [0.25, 0.3) is 0 Å². The van der Waals surface area contributed by atoms with Crippen LogP contribution in [0.2, 0.25) is 0 Å². The van der Waals surface area contributed by atoms with Crippen molar-refractivity contribution < 1.29 is 4.79 Å². The number of amides is 1. The van der Waals surface area contributed by atoms with Crippen molar-refractivity contribution in [3.05, 3.63) is 36.0 Å². The second-order valence-corrected chi connectivity index (χ2v) is 9.06. The Morgan fingerprint density at radius 2 is 1.83 bits per heavy atom. The van der Waals surface area contributed by atoms with E-state index in [1.807, 2.05) is 6.92 Å². The maximum Gasteiger partial charge on any atom is 0.227 e. The third kappa shape index (κ3) is 4.28. The monoisotopic (exact) mass is 428 g/mol. The second kappa shape index (κ2) is 9.11. The Morgan fingerprint density at radius 3 is 2.63 bits per heavy atom. The summed E-state index contributed by atoms with van der Waals surface area (Å²) in [5, 5.41) is 1.17. The van der Waals surface area contributed by atoms with Crippen LogP contribution in [0.4, 0.5) is 5.69 Å². The summed E-state index contributed by atoms with van der Waals surface area (Å²) in [5.41, 5.74) is 3.30. The molecule has 1 aromatic heterocycles. The van der Waals surface area contributed by atoms with Crippen LogP contribution in [0.15, 0.2) is 30.3 Å². The molecule has 3 fully saturated rings. The van der Waals surface area contributed by atoms with Gasteiger partial charge in [0.2, 0.25) is 5.91 Å². The topological polar surface area (TPSA) is 39.7 Å². The molecule has 3 aliphatic rings. The van der Waals surface area contributed by atoms with Gasteiger partial charge in [-0.1, -0.05) is 12.5 Å². The lowest BCUT2D eigenvalue weighted by Gasteiger charge is -2.36. The number of rotatable bonds is 3. The molecule has 30 heavy (non-hydrogen) atoms. The smallest absolute Gasteiger partial charge is 0.227 e. The van der Waals surface area contributed by atoms with Crippen LogP contribution < -0.4 is 4.90 Å². The van der Waals surface area contributed by atoms with E-state index in [1.54, 1.807) is 0 Å². The van der Waals surface area contributed by atoms with Gasteiger partial charge in [-0.15, -0.1) is 12.4 Å². The highest BCUT2D eigenvalue weighted by atomic mass is 35.5. The van der Waals surface area contributed by atoms with Crippen molar-refractivity contribution in [2.45, 2.75) is 45.1 Å². The maximum absolute atomic E-state index is 13.2. The Morgan fingerprint density at radius 1 is 0.967 bits per heavy atom. The van der Waals surface area contributed by atoms with Gasteiger partial charge in [0, 0.05) is 62.1 Å². The quantitative estimate of drug-likeness (QED) is 0.743. The fraction of sp³-hybridized carbons (Fsp3) is 0.583. The van der Waals surface area contributed by atoms with Crippen LogP contribution in [-0.4, -0.2) is 66.0 Å². The number of hydrogen-bond donors (Lipinski definition) is 0. The molecule has 3 heterocycles. The van der Waals surface area contributed by atoms with Crippen molar-refractivity contribution in [1.82, 2.24) is 14.8 Å². The first-order valence-electron chi connectivity index (χ1n) is 11.3. The van der Waals surface area contributed by atoms with E-state index in [-0.39, 0.29) is 18.3 Å². The molecule has 1 aromatic carbocycles. The van der Waals surface area contributed by atoms with Crippen LogP contribution in [0, 0.1) is 12.8 Å². The predicted octanol–water partition coefficient (Wildman–Crippen LogP) is 3.88. The van der Waals surface area contributed by atoms with Crippen molar-refractivity contribution >= 4 is 34.9 Å². The number of carbonyl (C=O) groups excluding carboxylic acids is 1.